The van der Waals surface area contributed by atoms with Crippen LogP contribution in [0.3, 0.4) is 0 Å². The first-order valence-corrected chi connectivity index (χ1v) is 6.59. The van der Waals surface area contributed by atoms with Gasteiger partial charge in [-0.25, -0.2) is 0 Å². The largest absolute Gasteiger partial charge is 0.466 e. The molecule has 1 aromatic carbocycles. The molecular formula is C15H16ClNO3. The number of aryl methyl sites for hydroxylation is 1. The SMILES string of the molecule is Cc1cccc(C(=O)NCC(C)(O)c2ccco2)c1Cl. The van der Waals surface area contributed by atoms with Crippen LogP contribution >= 0.6 is 11.6 Å². The number of carbonyl (C=O) groups excluding carboxylic acids is 1. The molecule has 1 heterocycles. The third-order valence-corrected chi connectivity index (χ3v) is 3.58. The molecule has 2 rings (SSSR count). The summed E-state index contributed by atoms with van der Waals surface area (Å²) in [5.74, 6) is 0.0682. The van der Waals surface area contributed by atoms with Crippen molar-refractivity contribution in [3.05, 3.63) is 58.5 Å². The van der Waals surface area contributed by atoms with Crippen molar-refractivity contribution in [3.8, 4) is 0 Å². The lowest BCUT2D eigenvalue weighted by atomic mass is 10.0. The summed E-state index contributed by atoms with van der Waals surface area (Å²) in [7, 11) is 0. The Balaban J connectivity index is 2.08. The van der Waals surface area contributed by atoms with Crippen molar-refractivity contribution in [1.29, 1.82) is 0 Å². The van der Waals surface area contributed by atoms with Crippen LogP contribution in [0.5, 0.6) is 0 Å². The number of amides is 1. The molecule has 0 saturated carbocycles. The minimum Gasteiger partial charge on any atom is -0.466 e. The maximum absolute atomic E-state index is 12.1. The zero-order valence-electron chi connectivity index (χ0n) is 11.3. The van der Waals surface area contributed by atoms with Gasteiger partial charge in [0, 0.05) is 0 Å². The first kappa shape index (κ1) is 14.6. The van der Waals surface area contributed by atoms with Gasteiger partial charge in [-0.1, -0.05) is 23.7 Å². The quantitative estimate of drug-likeness (QED) is 0.911. The Kier molecular flexibility index (Phi) is 4.16. The van der Waals surface area contributed by atoms with Crippen LogP contribution < -0.4 is 5.32 Å². The van der Waals surface area contributed by atoms with E-state index in [1.807, 2.05) is 13.0 Å². The number of benzene rings is 1. The second-order valence-corrected chi connectivity index (χ2v) is 5.25. The molecule has 5 heteroatoms. The van der Waals surface area contributed by atoms with Gasteiger partial charge in [0.1, 0.15) is 11.4 Å². The van der Waals surface area contributed by atoms with Gasteiger partial charge in [0.25, 0.3) is 5.91 Å². The minimum atomic E-state index is -1.27. The van der Waals surface area contributed by atoms with E-state index < -0.39 is 5.60 Å². The summed E-state index contributed by atoms with van der Waals surface area (Å²) < 4.78 is 5.15. The van der Waals surface area contributed by atoms with E-state index in [0.717, 1.165) is 5.56 Å². The van der Waals surface area contributed by atoms with Crippen LogP contribution in [-0.4, -0.2) is 17.6 Å². The first-order chi connectivity index (χ1) is 9.42. The molecule has 0 saturated heterocycles. The van der Waals surface area contributed by atoms with Crippen molar-refractivity contribution in [2.24, 2.45) is 0 Å². The van der Waals surface area contributed by atoms with Crippen LogP contribution in [0.15, 0.2) is 41.0 Å². The lowest BCUT2D eigenvalue weighted by molar-refractivity contribution is 0.0330. The summed E-state index contributed by atoms with van der Waals surface area (Å²) in [6.07, 6.45) is 1.48. The molecule has 20 heavy (non-hydrogen) atoms. The molecule has 1 atom stereocenters. The van der Waals surface area contributed by atoms with Crippen LogP contribution in [0.1, 0.15) is 28.6 Å². The number of nitrogens with one attached hydrogen (secondary N) is 1. The van der Waals surface area contributed by atoms with E-state index in [9.17, 15) is 9.90 Å². The van der Waals surface area contributed by atoms with E-state index in [4.69, 9.17) is 16.0 Å². The van der Waals surface area contributed by atoms with Crippen molar-refractivity contribution < 1.29 is 14.3 Å². The highest BCUT2D eigenvalue weighted by molar-refractivity contribution is 6.34. The number of furan rings is 1. The van der Waals surface area contributed by atoms with Gasteiger partial charge in [0.05, 0.1) is 23.4 Å². The Bertz CT molecular complexity index is 606. The van der Waals surface area contributed by atoms with Crippen LogP contribution in [0.2, 0.25) is 5.02 Å². The molecule has 0 fully saturated rings. The Morgan fingerprint density at radius 2 is 2.15 bits per heavy atom. The molecule has 1 aromatic heterocycles. The fourth-order valence-corrected chi connectivity index (χ4v) is 2.05. The van der Waals surface area contributed by atoms with Crippen molar-refractivity contribution >= 4 is 17.5 Å². The molecule has 1 unspecified atom stereocenters. The molecular weight excluding hydrogens is 278 g/mol. The summed E-state index contributed by atoms with van der Waals surface area (Å²) in [4.78, 5) is 12.1. The van der Waals surface area contributed by atoms with E-state index in [1.54, 1.807) is 31.2 Å². The summed E-state index contributed by atoms with van der Waals surface area (Å²) in [6.45, 7) is 3.44. The molecule has 106 valence electrons. The minimum absolute atomic E-state index is 0.0314. The smallest absolute Gasteiger partial charge is 0.252 e. The predicted octanol–water partition coefficient (Wildman–Crippen LogP) is 2.88. The van der Waals surface area contributed by atoms with Gasteiger partial charge in [0.2, 0.25) is 0 Å². The highest BCUT2D eigenvalue weighted by atomic mass is 35.5. The Hall–Kier alpha value is -1.78. The van der Waals surface area contributed by atoms with Crippen LogP contribution in [0.25, 0.3) is 0 Å². The molecule has 1 amide bonds. The average Bonchev–Trinajstić information content (AvgIpc) is 2.94. The molecule has 0 radical (unpaired) electrons. The molecule has 2 N–H and O–H groups in total. The van der Waals surface area contributed by atoms with Crippen molar-refractivity contribution in [2.45, 2.75) is 19.4 Å². The highest BCUT2D eigenvalue weighted by Gasteiger charge is 2.27. The Morgan fingerprint density at radius 1 is 1.40 bits per heavy atom. The average molecular weight is 294 g/mol. The van der Waals surface area contributed by atoms with Crippen molar-refractivity contribution in [1.82, 2.24) is 5.32 Å². The molecule has 0 aliphatic carbocycles. The topological polar surface area (TPSA) is 62.5 Å². The zero-order chi connectivity index (χ0) is 14.8. The molecule has 0 aliphatic heterocycles. The number of carbonyl (C=O) groups is 1. The van der Waals surface area contributed by atoms with Gasteiger partial charge in [-0.3, -0.25) is 4.79 Å². The van der Waals surface area contributed by atoms with E-state index in [2.05, 4.69) is 5.32 Å². The fourth-order valence-electron chi connectivity index (χ4n) is 1.84. The summed E-state index contributed by atoms with van der Waals surface area (Å²) in [6, 6.07) is 8.58. The summed E-state index contributed by atoms with van der Waals surface area (Å²) in [5.41, 5.74) is -0.0471. The second kappa shape index (κ2) is 5.69. The van der Waals surface area contributed by atoms with E-state index >= 15 is 0 Å². The van der Waals surface area contributed by atoms with Gasteiger partial charge >= 0.3 is 0 Å². The van der Waals surface area contributed by atoms with Gasteiger partial charge in [-0.2, -0.15) is 0 Å². The lowest BCUT2D eigenvalue weighted by Gasteiger charge is -2.21. The summed E-state index contributed by atoms with van der Waals surface area (Å²) >= 11 is 6.10. The van der Waals surface area contributed by atoms with Gasteiger partial charge in [-0.15, -0.1) is 0 Å². The van der Waals surface area contributed by atoms with Crippen LogP contribution in [0, 0.1) is 6.92 Å². The Morgan fingerprint density at radius 3 is 2.80 bits per heavy atom. The Labute approximate surface area is 122 Å². The van der Waals surface area contributed by atoms with Crippen molar-refractivity contribution in [3.63, 3.8) is 0 Å². The molecule has 2 aromatic rings. The third kappa shape index (κ3) is 3.03. The second-order valence-electron chi connectivity index (χ2n) is 4.87. The van der Waals surface area contributed by atoms with Crippen LogP contribution in [-0.2, 0) is 5.60 Å². The first-order valence-electron chi connectivity index (χ1n) is 6.21. The van der Waals surface area contributed by atoms with E-state index in [-0.39, 0.29) is 12.5 Å². The number of aliphatic hydroxyl groups is 1. The normalized spacial score (nSPS) is 13.8. The number of hydrogen-bond acceptors (Lipinski definition) is 3. The monoisotopic (exact) mass is 293 g/mol. The lowest BCUT2D eigenvalue weighted by Crippen LogP contribution is -2.38. The zero-order valence-corrected chi connectivity index (χ0v) is 12.1. The summed E-state index contributed by atoms with van der Waals surface area (Å²) in [5, 5.41) is 13.3. The fraction of sp³-hybridized carbons (Fsp3) is 0.267. The highest BCUT2D eigenvalue weighted by Crippen LogP contribution is 2.22. The van der Waals surface area contributed by atoms with Gasteiger partial charge < -0.3 is 14.8 Å². The third-order valence-electron chi connectivity index (χ3n) is 3.08. The van der Waals surface area contributed by atoms with Crippen molar-refractivity contribution in [2.75, 3.05) is 6.54 Å². The van der Waals surface area contributed by atoms with E-state index in [1.165, 1.54) is 6.26 Å². The standard InChI is InChI=1S/C15H16ClNO3/c1-10-5-3-6-11(13(10)16)14(18)17-9-15(2,19)12-7-4-8-20-12/h3-8,19H,9H2,1-2H3,(H,17,18). The van der Waals surface area contributed by atoms with Gasteiger partial charge in [-0.05, 0) is 37.6 Å². The van der Waals surface area contributed by atoms with E-state index in [0.29, 0.717) is 16.3 Å². The number of hydrogen-bond donors (Lipinski definition) is 2. The maximum atomic E-state index is 12.1. The van der Waals surface area contributed by atoms with Crippen LogP contribution in [0.4, 0.5) is 0 Å². The van der Waals surface area contributed by atoms with Gasteiger partial charge in [0.15, 0.2) is 0 Å². The molecule has 0 bridgehead atoms. The maximum Gasteiger partial charge on any atom is 0.252 e. The number of halogens is 1. The molecule has 0 spiro atoms. The molecule has 4 nitrogen and oxygen atoms in total. The number of rotatable bonds is 4. The molecule has 0 aliphatic rings. The predicted molar refractivity (Wildman–Crippen MR) is 76.8 cm³/mol.